The molecule has 7 heteroatoms. The highest BCUT2D eigenvalue weighted by molar-refractivity contribution is 9.10. The molecule has 0 unspecified atom stereocenters. The summed E-state index contributed by atoms with van der Waals surface area (Å²) in [6, 6.07) is 6.34. The second kappa shape index (κ2) is 8.42. The third-order valence-electron chi connectivity index (χ3n) is 2.68. The molecule has 0 atom stereocenters. The van der Waals surface area contributed by atoms with Crippen LogP contribution < -0.4 is 22.5 Å². The largest absolute Gasteiger partial charge is 0.399 e. The Morgan fingerprint density at radius 2 is 1.65 bits per heavy atom. The Labute approximate surface area is 127 Å². The number of anilines is 2. The van der Waals surface area contributed by atoms with Crippen molar-refractivity contribution in [1.82, 2.24) is 5.32 Å². The number of hydrogen-bond donors (Lipinski definition) is 4. The summed E-state index contributed by atoms with van der Waals surface area (Å²) in [6.07, 6.45) is 1.23. The van der Waals surface area contributed by atoms with E-state index in [1.54, 1.807) is 18.2 Å². The second-order valence-electron chi connectivity index (χ2n) is 4.16. The molecule has 1 rings (SSSR count). The number of rotatable bonds is 3. The van der Waals surface area contributed by atoms with Crippen LogP contribution in [0.4, 0.5) is 16.2 Å². The zero-order chi connectivity index (χ0) is 15.8. The summed E-state index contributed by atoms with van der Waals surface area (Å²) in [4.78, 5) is 21.6. The van der Waals surface area contributed by atoms with Crippen LogP contribution in [0.1, 0.15) is 26.7 Å². The van der Waals surface area contributed by atoms with Gasteiger partial charge in [-0.25, -0.2) is 4.79 Å². The molecule has 0 aromatic heterocycles. The van der Waals surface area contributed by atoms with Gasteiger partial charge in [-0.3, -0.25) is 10.1 Å². The van der Waals surface area contributed by atoms with Crippen LogP contribution in [0.15, 0.2) is 24.3 Å². The van der Waals surface area contributed by atoms with E-state index in [2.05, 4.69) is 15.9 Å². The number of benzene rings is 1. The molecule has 7 N–H and O–H groups in total. The molecular formula is C13H21BrN4O2. The Bertz CT molecular complexity index is 444. The highest BCUT2D eigenvalue weighted by atomic mass is 79.9. The molecule has 0 fully saturated rings. The first-order valence-electron chi connectivity index (χ1n) is 6.16. The monoisotopic (exact) mass is 344 g/mol. The molecule has 0 heterocycles. The van der Waals surface area contributed by atoms with Crippen LogP contribution in [0, 0.1) is 0 Å². The third-order valence-corrected chi connectivity index (χ3v) is 4.16. The summed E-state index contributed by atoms with van der Waals surface area (Å²) in [5.41, 5.74) is 17.0. The van der Waals surface area contributed by atoms with Crippen LogP contribution in [-0.2, 0) is 4.79 Å². The Balaban J connectivity index is 0.000000388. The van der Waals surface area contributed by atoms with Gasteiger partial charge in [-0.2, -0.15) is 0 Å². The number of halogens is 1. The van der Waals surface area contributed by atoms with Crippen LogP contribution >= 0.6 is 15.9 Å². The molecule has 6 nitrogen and oxygen atoms in total. The molecule has 0 bridgehead atoms. The lowest BCUT2D eigenvalue weighted by Crippen LogP contribution is -2.46. The van der Waals surface area contributed by atoms with Crippen LogP contribution in [0.25, 0.3) is 0 Å². The Hall–Kier alpha value is -1.76. The first-order valence-corrected chi connectivity index (χ1v) is 6.95. The zero-order valence-electron chi connectivity index (χ0n) is 11.7. The van der Waals surface area contributed by atoms with Gasteiger partial charge in [-0.1, -0.05) is 35.8 Å². The van der Waals surface area contributed by atoms with Gasteiger partial charge in [-0.15, -0.1) is 0 Å². The van der Waals surface area contributed by atoms with E-state index in [4.69, 9.17) is 17.2 Å². The van der Waals surface area contributed by atoms with E-state index in [-0.39, 0.29) is 5.91 Å². The fourth-order valence-electron chi connectivity index (χ4n) is 1.35. The molecule has 1 aromatic carbocycles. The van der Waals surface area contributed by atoms with Crippen molar-refractivity contribution in [3.63, 3.8) is 0 Å². The Kier molecular flexibility index (Phi) is 7.68. The standard InChI is InChI=1S/C7H13BrN2O2.C6H8N2/c1-3-7(8,4-2)5(11)10-6(9)12;7-5-2-1-3-6(8)4-5/h3-4H2,1-2H3,(H3,9,10,11,12);1-4H,7-8H2. The van der Waals surface area contributed by atoms with Gasteiger partial charge in [0.15, 0.2) is 0 Å². The number of carbonyl (C=O) groups excluding carboxylic acids is 2. The maximum atomic E-state index is 11.3. The van der Waals surface area contributed by atoms with E-state index in [0.717, 1.165) is 0 Å². The molecular weight excluding hydrogens is 324 g/mol. The fourth-order valence-corrected chi connectivity index (χ4v) is 1.45. The van der Waals surface area contributed by atoms with E-state index >= 15 is 0 Å². The van der Waals surface area contributed by atoms with E-state index in [1.165, 1.54) is 0 Å². The van der Waals surface area contributed by atoms with Gasteiger partial charge in [0, 0.05) is 11.4 Å². The van der Waals surface area contributed by atoms with Crippen molar-refractivity contribution in [2.24, 2.45) is 5.73 Å². The van der Waals surface area contributed by atoms with E-state index in [9.17, 15) is 9.59 Å². The summed E-state index contributed by atoms with van der Waals surface area (Å²) >= 11 is 3.26. The number of nitrogen functional groups attached to an aromatic ring is 2. The van der Waals surface area contributed by atoms with Gasteiger partial charge < -0.3 is 17.2 Å². The number of primary amides is 1. The number of carbonyl (C=O) groups is 2. The van der Waals surface area contributed by atoms with Gasteiger partial charge in [0.05, 0.1) is 0 Å². The molecule has 0 aliphatic carbocycles. The van der Waals surface area contributed by atoms with Crippen molar-refractivity contribution in [2.45, 2.75) is 31.0 Å². The summed E-state index contributed by atoms with van der Waals surface area (Å²) < 4.78 is -0.665. The summed E-state index contributed by atoms with van der Waals surface area (Å²) in [6.45, 7) is 3.72. The van der Waals surface area contributed by atoms with Crippen molar-refractivity contribution in [3.8, 4) is 0 Å². The first kappa shape index (κ1) is 18.2. The van der Waals surface area contributed by atoms with Crippen LogP contribution in [0.2, 0.25) is 0 Å². The Morgan fingerprint density at radius 1 is 1.20 bits per heavy atom. The lowest BCUT2D eigenvalue weighted by atomic mass is 10.0. The van der Waals surface area contributed by atoms with Crippen LogP contribution in [0.5, 0.6) is 0 Å². The predicted octanol–water partition coefficient (Wildman–Crippen LogP) is 1.99. The molecule has 3 amide bonds. The maximum absolute atomic E-state index is 11.3. The fraction of sp³-hybridized carbons (Fsp3) is 0.385. The number of hydrogen-bond acceptors (Lipinski definition) is 4. The van der Waals surface area contributed by atoms with Crippen molar-refractivity contribution < 1.29 is 9.59 Å². The average molecular weight is 345 g/mol. The van der Waals surface area contributed by atoms with Gasteiger partial charge in [0.2, 0.25) is 5.91 Å². The van der Waals surface area contributed by atoms with Gasteiger partial charge in [0.1, 0.15) is 4.32 Å². The molecule has 0 saturated heterocycles. The molecule has 0 radical (unpaired) electrons. The first-order chi connectivity index (χ1) is 9.25. The van der Waals surface area contributed by atoms with E-state index in [1.807, 2.05) is 25.2 Å². The summed E-state index contributed by atoms with van der Waals surface area (Å²) in [7, 11) is 0. The molecule has 20 heavy (non-hydrogen) atoms. The van der Waals surface area contributed by atoms with Gasteiger partial charge in [0.25, 0.3) is 0 Å². The van der Waals surface area contributed by atoms with Crippen molar-refractivity contribution in [2.75, 3.05) is 11.5 Å². The lowest BCUT2D eigenvalue weighted by molar-refractivity contribution is -0.122. The molecule has 0 spiro atoms. The quantitative estimate of drug-likeness (QED) is 0.494. The van der Waals surface area contributed by atoms with Crippen molar-refractivity contribution in [3.05, 3.63) is 24.3 Å². The second-order valence-corrected chi connectivity index (χ2v) is 5.68. The number of alkyl halides is 1. The minimum atomic E-state index is -0.814. The zero-order valence-corrected chi connectivity index (χ0v) is 13.2. The topological polar surface area (TPSA) is 124 Å². The molecule has 1 aromatic rings. The third kappa shape index (κ3) is 6.42. The Morgan fingerprint density at radius 3 is 1.90 bits per heavy atom. The van der Waals surface area contributed by atoms with Gasteiger partial charge >= 0.3 is 6.03 Å². The number of imide groups is 1. The van der Waals surface area contributed by atoms with Crippen LogP contribution in [-0.4, -0.2) is 16.3 Å². The van der Waals surface area contributed by atoms with Gasteiger partial charge in [-0.05, 0) is 31.0 Å². The van der Waals surface area contributed by atoms with Crippen molar-refractivity contribution >= 4 is 39.2 Å². The number of urea groups is 1. The van der Waals surface area contributed by atoms with E-state index in [0.29, 0.717) is 24.2 Å². The normalized spacial score (nSPS) is 10.2. The predicted molar refractivity (Wildman–Crippen MR) is 85.2 cm³/mol. The average Bonchev–Trinajstić information content (AvgIpc) is 2.37. The molecule has 112 valence electrons. The minimum absolute atomic E-state index is 0.375. The van der Waals surface area contributed by atoms with E-state index < -0.39 is 10.4 Å². The highest BCUT2D eigenvalue weighted by Gasteiger charge is 2.32. The highest BCUT2D eigenvalue weighted by Crippen LogP contribution is 2.26. The molecule has 0 saturated carbocycles. The SMILES string of the molecule is CCC(Br)(CC)C(=O)NC(N)=O.Nc1cccc(N)c1. The number of amides is 3. The summed E-state index contributed by atoms with van der Waals surface area (Å²) in [5, 5.41) is 2.04. The minimum Gasteiger partial charge on any atom is -0.399 e. The number of nitrogens with two attached hydrogens (primary N) is 3. The summed E-state index contributed by atoms with van der Waals surface area (Å²) in [5.74, 6) is -0.375. The smallest absolute Gasteiger partial charge is 0.318 e. The van der Waals surface area contributed by atoms with Crippen molar-refractivity contribution in [1.29, 1.82) is 0 Å². The molecule has 0 aliphatic rings. The maximum Gasteiger partial charge on any atom is 0.318 e. The van der Waals surface area contributed by atoms with Crippen LogP contribution in [0.3, 0.4) is 0 Å². The number of nitrogens with one attached hydrogen (secondary N) is 1. The lowest BCUT2D eigenvalue weighted by Gasteiger charge is -2.21. The molecule has 0 aliphatic heterocycles.